The minimum atomic E-state index is -0.390. The van der Waals surface area contributed by atoms with Gasteiger partial charge in [0.25, 0.3) is 11.1 Å². The van der Waals surface area contributed by atoms with E-state index in [-0.39, 0.29) is 28.7 Å². The summed E-state index contributed by atoms with van der Waals surface area (Å²) in [6.45, 7) is 1.81. The summed E-state index contributed by atoms with van der Waals surface area (Å²) in [4.78, 5) is 32.9. The van der Waals surface area contributed by atoms with Crippen LogP contribution in [-0.2, 0) is 4.79 Å². The lowest BCUT2D eigenvalue weighted by Gasteiger charge is -2.16. The molecule has 1 aromatic heterocycles. The first-order valence-electron chi connectivity index (χ1n) is 7.52. The summed E-state index contributed by atoms with van der Waals surface area (Å²) in [6, 6.07) is 3.08. The number of rotatable bonds is 4. The number of phenolic OH excluding ortho intramolecular Hbond substituents is 1. The lowest BCUT2D eigenvalue weighted by molar-refractivity contribution is -0.121. The van der Waals surface area contributed by atoms with Crippen LogP contribution in [0.3, 0.4) is 0 Å². The summed E-state index contributed by atoms with van der Waals surface area (Å²) >= 11 is 4.21. The van der Waals surface area contributed by atoms with Crippen LogP contribution in [0.15, 0.2) is 40.2 Å². The third-order valence-electron chi connectivity index (χ3n) is 3.71. The molecule has 3 rings (SSSR count). The van der Waals surface area contributed by atoms with Gasteiger partial charge in [-0.05, 0) is 42.5 Å². The Morgan fingerprint density at radius 1 is 1.31 bits per heavy atom. The van der Waals surface area contributed by atoms with Gasteiger partial charge in [-0.25, -0.2) is 9.97 Å². The third kappa shape index (κ3) is 3.73. The van der Waals surface area contributed by atoms with Crippen molar-refractivity contribution < 1.29 is 19.4 Å². The molecule has 0 spiro atoms. The largest absolute Gasteiger partial charge is 0.504 e. The maximum atomic E-state index is 12.1. The Hall–Kier alpha value is -2.39. The van der Waals surface area contributed by atoms with Gasteiger partial charge in [0.15, 0.2) is 11.5 Å². The number of imide groups is 1. The van der Waals surface area contributed by atoms with Gasteiger partial charge in [0.2, 0.25) is 0 Å². The number of likely N-dealkylation sites (N-methyl/N-ethyl adjacent to an activating group) is 1. The third-order valence-corrected chi connectivity index (χ3v) is 5.35. The molecule has 0 aliphatic carbocycles. The average molecular weight is 436 g/mol. The van der Waals surface area contributed by atoms with Crippen molar-refractivity contribution >= 4 is 44.9 Å². The standard InChI is InChI=1S/C17H14BrN3O4S/c1-9(11-6-19-8-20-7-11)25-14-3-10(12(18)5-13(14)22)4-15-16(23)21(2)17(24)26-15/h3-9,22H,1-2H3/b15-4-. The number of carbonyl (C=O) groups excluding carboxylic acids is 2. The van der Waals surface area contributed by atoms with Crippen LogP contribution in [0.25, 0.3) is 6.08 Å². The summed E-state index contributed by atoms with van der Waals surface area (Å²) in [7, 11) is 1.43. The van der Waals surface area contributed by atoms with Gasteiger partial charge in [0, 0.05) is 29.5 Å². The molecule has 7 nitrogen and oxygen atoms in total. The van der Waals surface area contributed by atoms with Crippen LogP contribution in [0.5, 0.6) is 11.5 Å². The number of thioether (sulfide) groups is 1. The van der Waals surface area contributed by atoms with Crippen LogP contribution in [0, 0.1) is 0 Å². The van der Waals surface area contributed by atoms with Crippen molar-refractivity contribution in [1.82, 2.24) is 14.9 Å². The van der Waals surface area contributed by atoms with Crippen molar-refractivity contribution in [1.29, 1.82) is 0 Å². The van der Waals surface area contributed by atoms with E-state index in [2.05, 4.69) is 25.9 Å². The number of aromatic nitrogens is 2. The average Bonchev–Trinajstić information content (AvgIpc) is 2.86. The minimum Gasteiger partial charge on any atom is -0.504 e. The summed E-state index contributed by atoms with van der Waals surface area (Å²) in [6.07, 6.45) is 5.88. The van der Waals surface area contributed by atoms with E-state index < -0.39 is 0 Å². The molecule has 2 amide bonds. The molecule has 1 aromatic carbocycles. The van der Waals surface area contributed by atoms with Crippen molar-refractivity contribution in [2.75, 3.05) is 7.05 Å². The number of benzene rings is 1. The highest BCUT2D eigenvalue weighted by molar-refractivity contribution is 9.10. The molecule has 1 aliphatic heterocycles. The van der Waals surface area contributed by atoms with Gasteiger partial charge in [-0.15, -0.1) is 0 Å². The van der Waals surface area contributed by atoms with Crippen LogP contribution in [0.1, 0.15) is 24.2 Å². The van der Waals surface area contributed by atoms with Crippen LogP contribution < -0.4 is 4.74 Å². The molecule has 1 fully saturated rings. The van der Waals surface area contributed by atoms with E-state index in [0.29, 0.717) is 14.9 Å². The van der Waals surface area contributed by atoms with E-state index >= 15 is 0 Å². The first-order chi connectivity index (χ1) is 12.4. The molecule has 1 atom stereocenters. The monoisotopic (exact) mass is 435 g/mol. The molecule has 0 radical (unpaired) electrons. The van der Waals surface area contributed by atoms with Gasteiger partial charge in [-0.2, -0.15) is 0 Å². The molecule has 2 heterocycles. The van der Waals surface area contributed by atoms with Gasteiger partial charge < -0.3 is 9.84 Å². The van der Waals surface area contributed by atoms with Gasteiger partial charge in [0.05, 0.1) is 4.91 Å². The highest BCUT2D eigenvalue weighted by Gasteiger charge is 2.32. The van der Waals surface area contributed by atoms with E-state index in [4.69, 9.17) is 4.74 Å². The quantitative estimate of drug-likeness (QED) is 0.730. The number of ether oxygens (including phenoxy) is 1. The fraction of sp³-hybridized carbons (Fsp3) is 0.176. The van der Waals surface area contributed by atoms with Crippen LogP contribution in [-0.4, -0.2) is 38.2 Å². The summed E-state index contributed by atoms with van der Waals surface area (Å²) in [5, 5.41) is 9.84. The Morgan fingerprint density at radius 3 is 2.62 bits per heavy atom. The predicted octanol–water partition coefficient (Wildman–Crippen LogP) is 3.75. The first-order valence-corrected chi connectivity index (χ1v) is 9.13. The minimum absolute atomic E-state index is 0.0543. The second-order valence-corrected chi connectivity index (χ2v) is 7.36. The van der Waals surface area contributed by atoms with E-state index in [0.717, 1.165) is 22.2 Å². The van der Waals surface area contributed by atoms with Crippen molar-refractivity contribution in [3.05, 3.63) is 51.4 Å². The van der Waals surface area contributed by atoms with Crippen LogP contribution in [0.4, 0.5) is 4.79 Å². The Balaban J connectivity index is 1.90. The van der Waals surface area contributed by atoms with Crippen molar-refractivity contribution in [3.8, 4) is 11.5 Å². The Kier molecular flexibility index (Phi) is 5.28. The molecular weight excluding hydrogens is 422 g/mol. The molecule has 1 N–H and O–H groups in total. The smallest absolute Gasteiger partial charge is 0.293 e. The molecule has 1 aliphatic rings. The lowest BCUT2D eigenvalue weighted by Crippen LogP contribution is -2.22. The maximum absolute atomic E-state index is 12.1. The summed E-state index contributed by atoms with van der Waals surface area (Å²) < 4.78 is 6.38. The van der Waals surface area contributed by atoms with Crippen LogP contribution >= 0.6 is 27.7 Å². The molecule has 9 heteroatoms. The molecular formula is C17H14BrN3O4S. The first kappa shape index (κ1) is 18.4. The molecule has 26 heavy (non-hydrogen) atoms. The zero-order valence-corrected chi connectivity index (χ0v) is 16.2. The number of phenols is 1. The zero-order valence-electron chi connectivity index (χ0n) is 13.8. The van der Waals surface area contributed by atoms with Gasteiger partial charge >= 0.3 is 0 Å². The number of amides is 2. The number of carbonyl (C=O) groups is 2. The predicted molar refractivity (Wildman–Crippen MR) is 101 cm³/mol. The molecule has 134 valence electrons. The van der Waals surface area contributed by atoms with E-state index in [1.165, 1.54) is 19.4 Å². The van der Waals surface area contributed by atoms with Gasteiger partial charge in [0.1, 0.15) is 12.4 Å². The highest BCUT2D eigenvalue weighted by Crippen LogP contribution is 2.38. The topological polar surface area (TPSA) is 92.6 Å². The second-order valence-electron chi connectivity index (χ2n) is 5.51. The Bertz CT molecular complexity index is 904. The van der Waals surface area contributed by atoms with Crippen molar-refractivity contribution in [2.24, 2.45) is 0 Å². The van der Waals surface area contributed by atoms with E-state index in [9.17, 15) is 14.7 Å². The highest BCUT2D eigenvalue weighted by atomic mass is 79.9. The second kappa shape index (κ2) is 7.46. The van der Waals surface area contributed by atoms with Crippen LogP contribution in [0.2, 0.25) is 0 Å². The summed E-state index contributed by atoms with van der Waals surface area (Å²) in [5.74, 6) is -0.176. The van der Waals surface area contributed by atoms with E-state index in [1.807, 2.05) is 6.92 Å². The Labute approximate surface area is 162 Å². The molecule has 0 saturated carbocycles. The number of hydrogen-bond donors (Lipinski definition) is 1. The number of hydrogen-bond acceptors (Lipinski definition) is 7. The van der Waals surface area contributed by atoms with Crippen molar-refractivity contribution in [3.63, 3.8) is 0 Å². The lowest BCUT2D eigenvalue weighted by atomic mass is 10.1. The zero-order chi connectivity index (χ0) is 18.8. The fourth-order valence-corrected chi connectivity index (χ4v) is 3.49. The molecule has 1 saturated heterocycles. The fourth-order valence-electron chi connectivity index (χ4n) is 2.23. The number of halogens is 1. The number of nitrogens with zero attached hydrogens (tertiary/aromatic N) is 3. The SMILES string of the molecule is CC(Oc1cc(/C=C2\SC(=O)N(C)C2=O)c(Br)cc1O)c1cncnc1. The van der Waals surface area contributed by atoms with Gasteiger partial charge in [-0.1, -0.05) is 15.9 Å². The maximum Gasteiger partial charge on any atom is 0.293 e. The number of aromatic hydroxyl groups is 1. The van der Waals surface area contributed by atoms with Crippen molar-refractivity contribution in [2.45, 2.75) is 13.0 Å². The molecule has 1 unspecified atom stereocenters. The van der Waals surface area contributed by atoms with E-state index in [1.54, 1.807) is 24.5 Å². The normalized spacial score (nSPS) is 17.0. The molecule has 0 bridgehead atoms. The Morgan fingerprint density at radius 2 is 2.00 bits per heavy atom. The van der Waals surface area contributed by atoms with Gasteiger partial charge in [-0.3, -0.25) is 14.5 Å². The molecule has 2 aromatic rings. The summed E-state index contributed by atoms with van der Waals surface area (Å²) in [5.41, 5.74) is 1.36.